The van der Waals surface area contributed by atoms with Crippen LogP contribution >= 0.6 is 11.6 Å². The van der Waals surface area contributed by atoms with Crippen molar-refractivity contribution in [3.63, 3.8) is 0 Å². The first-order valence-corrected chi connectivity index (χ1v) is 8.25. The molecule has 8 heteroatoms. The van der Waals surface area contributed by atoms with Gasteiger partial charge in [0.05, 0.1) is 10.9 Å². The summed E-state index contributed by atoms with van der Waals surface area (Å²) in [6.07, 6.45) is 0. The predicted molar refractivity (Wildman–Crippen MR) is 98.3 cm³/mol. The summed E-state index contributed by atoms with van der Waals surface area (Å²) in [4.78, 5) is 32.1. The molecule has 0 spiro atoms. The van der Waals surface area contributed by atoms with Gasteiger partial charge in [-0.05, 0) is 31.5 Å². The third-order valence-electron chi connectivity index (χ3n) is 4.34. The lowest BCUT2D eigenvalue weighted by atomic mass is 10.0. The summed E-state index contributed by atoms with van der Waals surface area (Å²) >= 11 is 6.00. The Kier molecular flexibility index (Phi) is 3.36. The van der Waals surface area contributed by atoms with Crippen LogP contribution in [0.3, 0.4) is 0 Å². The predicted octanol–water partition coefficient (Wildman–Crippen LogP) is 2.81. The van der Waals surface area contributed by atoms with E-state index < -0.39 is 0 Å². The van der Waals surface area contributed by atoms with Gasteiger partial charge in [0.2, 0.25) is 0 Å². The minimum atomic E-state index is -0.280. The van der Waals surface area contributed by atoms with Gasteiger partial charge in [-0.1, -0.05) is 23.7 Å². The lowest BCUT2D eigenvalue weighted by Gasteiger charge is -2.10. The van der Waals surface area contributed by atoms with Gasteiger partial charge in [0, 0.05) is 23.7 Å². The van der Waals surface area contributed by atoms with Gasteiger partial charge in [0.25, 0.3) is 5.56 Å². The Labute approximate surface area is 146 Å². The van der Waals surface area contributed by atoms with E-state index in [0.717, 1.165) is 5.56 Å². The maximum Gasteiger partial charge on any atom is 0.327 e. The van der Waals surface area contributed by atoms with Crippen molar-refractivity contribution in [1.29, 1.82) is 0 Å². The molecule has 0 aliphatic heterocycles. The number of pyridine rings is 1. The van der Waals surface area contributed by atoms with Gasteiger partial charge in [-0.25, -0.2) is 9.78 Å². The molecule has 0 bridgehead atoms. The number of hydrogen-bond acceptors (Lipinski definition) is 3. The summed E-state index contributed by atoms with van der Waals surface area (Å²) in [5.41, 5.74) is 2.49. The summed E-state index contributed by atoms with van der Waals surface area (Å²) in [6.45, 7) is 3.91. The summed E-state index contributed by atoms with van der Waals surface area (Å²) in [6, 6.07) is 7.20. The molecule has 4 rings (SSSR count). The molecule has 0 aliphatic rings. The molecule has 1 aromatic carbocycles. The molecule has 0 saturated carbocycles. The van der Waals surface area contributed by atoms with E-state index in [1.54, 1.807) is 23.9 Å². The van der Waals surface area contributed by atoms with Crippen molar-refractivity contribution in [1.82, 2.24) is 24.3 Å². The van der Waals surface area contributed by atoms with Gasteiger partial charge >= 0.3 is 5.69 Å². The van der Waals surface area contributed by atoms with E-state index in [2.05, 4.69) is 15.1 Å². The molecule has 0 atom stereocenters. The van der Waals surface area contributed by atoms with E-state index in [-0.39, 0.29) is 17.3 Å². The van der Waals surface area contributed by atoms with Gasteiger partial charge in [-0.2, -0.15) is 0 Å². The van der Waals surface area contributed by atoms with E-state index in [0.29, 0.717) is 32.8 Å². The summed E-state index contributed by atoms with van der Waals surface area (Å²) in [7, 11) is 1.65. The van der Waals surface area contributed by atoms with Crippen LogP contribution in [0.1, 0.15) is 19.9 Å². The van der Waals surface area contributed by atoms with Crippen molar-refractivity contribution < 1.29 is 0 Å². The van der Waals surface area contributed by atoms with Crippen LogP contribution in [0.25, 0.3) is 33.3 Å². The van der Waals surface area contributed by atoms with Crippen molar-refractivity contribution in [2.75, 3.05) is 0 Å². The van der Waals surface area contributed by atoms with Crippen molar-refractivity contribution in [3.8, 4) is 11.1 Å². The number of fused-ring (bicyclic) bond motifs is 2. The van der Waals surface area contributed by atoms with Gasteiger partial charge in [0.15, 0.2) is 11.3 Å². The average Bonchev–Trinajstić information content (AvgIpc) is 3.04. The maximum absolute atomic E-state index is 12.7. The molecule has 0 amide bonds. The first-order valence-electron chi connectivity index (χ1n) is 7.87. The highest BCUT2D eigenvalue weighted by Crippen LogP contribution is 2.33. The van der Waals surface area contributed by atoms with Crippen LogP contribution in [0.2, 0.25) is 5.02 Å². The van der Waals surface area contributed by atoms with Gasteiger partial charge < -0.3 is 0 Å². The molecule has 0 radical (unpaired) electrons. The highest BCUT2D eigenvalue weighted by Gasteiger charge is 2.22. The summed E-state index contributed by atoms with van der Waals surface area (Å²) < 4.78 is 3.18. The Balaban J connectivity index is 2.28. The van der Waals surface area contributed by atoms with Gasteiger partial charge in [-0.15, -0.1) is 0 Å². The molecule has 7 nitrogen and oxygen atoms in total. The third kappa shape index (κ3) is 2.23. The Bertz CT molecular complexity index is 1220. The normalized spacial score (nSPS) is 11.9. The number of halogens is 1. The number of nitrogens with zero attached hydrogens (tertiary/aromatic N) is 3. The fourth-order valence-electron chi connectivity index (χ4n) is 3.14. The monoisotopic (exact) mass is 357 g/mol. The molecule has 3 aromatic heterocycles. The van der Waals surface area contributed by atoms with E-state index in [9.17, 15) is 9.59 Å². The van der Waals surface area contributed by atoms with Crippen molar-refractivity contribution in [3.05, 3.63) is 50.1 Å². The lowest BCUT2D eigenvalue weighted by molar-refractivity contribution is 0.542. The first-order chi connectivity index (χ1) is 11.9. The molecule has 3 heterocycles. The number of benzene rings is 1. The van der Waals surface area contributed by atoms with E-state index in [1.807, 2.05) is 26.0 Å². The molecule has 2 N–H and O–H groups in total. The number of H-pyrrole nitrogens is 2. The second-order valence-electron chi connectivity index (χ2n) is 6.28. The molecule has 128 valence electrons. The van der Waals surface area contributed by atoms with Crippen molar-refractivity contribution in [2.45, 2.75) is 19.9 Å². The zero-order valence-electron chi connectivity index (χ0n) is 13.9. The second kappa shape index (κ2) is 5.35. The minimum Gasteiger partial charge on any atom is -0.293 e. The largest absolute Gasteiger partial charge is 0.327 e. The van der Waals surface area contributed by atoms with Crippen LogP contribution in [0.4, 0.5) is 0 Å². The number of aryl methyl sites for hydroxylation is 1. The standard InChI is InChI=1S/C17H16ClN5O2/c1-8(2)23-15-12(16(24)21-23)11(9-4-6-10(18)7-5-9)13-14(19-15)20-17(25)22(13)3/h4-8H,1-3H3,(H,21,24)(H,19,20,25). The van der Waals surface area contributed by atoms with E-state index in [1.165, 1.54) is 4.57 Å². The molecule has 0 unspecified atom stereocenters. The summed E-state index contributed by atoms with van der Waals surface area (Å²) in [5, 5.41) is 3.90. The Morgan fingerprint density at radius 1 is 1.16 bits per heavy atom. The molecular formula is C17H16ClN5O2. The fraction of sp³-hybridized carbons (Fsp3) is 0.235. The number of rotatable bonds is 2. The fourth-order valence-corrected chi connectivity index (χ4v) is 3.27. The zero-order chi connectivity index (χ0) is 17.9. The minimum absolute atomic E-state index is 0.0173. The van der Waals surface area contributed by atoms with Gasteiger partial charge in [0.1, 0.15) is 0 Å². The van der Waals surface area contributed by atoms with Crippen LogP contribution in [0.15, 0.2) is 33.9 Å². The lowest BCUT2D eigenvalue weighted by Crippen LogP contribution is -2.12. The smallest absolute Gasteiger partial charge is 0.293 e. The maximum atomic E-state index is 12.7. The molecule has 4 aromatic rings. The zero-order valence-corrected chi connectivity index (χ0v) is 14.7. The van der Waals surface area contributed by atoms with Crippen LogP contribution in [0.5, 0.6) is 0 Å². The third-order valence-corrected chi connectivity index (χ3v) is 4.60. The second-order valence-corrected chi connectivity index (χ2v) is 6.72. The number of imidazole rings is 1. The number of aromatic nitrogens is 5. The van der Waals surface area contributed by atoms with E-state index in [4.69, 9.17) is 11.6 Å². The Hall–Kier alpha value is -2.80. The summed E-state index contributed by atoms with van der Waals surface area (Å²) in [5.74, 6) is 0. The van der Waals surface area contributed by atoms with Crippen molar-refractivity contribution >= 4 is 33.8 Å². The number of aromatic amines is 2. The van der Waals surface area contributed by atoms with Crippen LogP contribution < -0.4 is 11.2 Å². The highest BCUT2D eigenvalue weighted by atomic mass is 35.5. The van der Waals surface area contributed by atoms with E-state index >= 15 is 0 Å². The molecular weight excluding hydrogens is 342 g/mol. The number of nitrogens with one attached hydrogen (secondary N) is 2. The Morgan fingerprint density at radius 2 is 1.84 bits per heavy atom. The van der Waals surface area contributed by atoms with Gasteiger partial charge in [-0.3, -0.25) is 24.1 Å². The molecule has 0 fully saturated rings. The van der Waals surface area contributed by atoms with Crippen LogP contribution in [-0.2, 0) is 7.05 Å². The topological polar surface area (TPSA) is 88.5 Å². The average molecular weight is 358 g/mol. The quantitative estimate of drug-likeness (QED) is 0.578. The highest BCUT2D eigenvalue weighted by molar-refractivity contribution is 6.30. The number of hydrogen-bond donors (Lipinski definition) is 2. The van der Waals surface area contributed by atoms with Crippen LogP contribution in [0, 0.1) is 0 Å². The SMILES string of the molecule is CC(C)n1[nH]c(=O)c2c(-c3ccc(Cl)cc3)c3c(nc21)[nH]c(=O)n3C. The Morgan fingerprint density at radius 3 is 2.48 bits per heavy atom. The van der Waals surface area contributed by atoms with Crippen molar-refractivity contribution in [2.24, 2.45) is 7.05 Å². The van der Waals surface area contributed by atoms with Crippen LogP contribution in [-0.4, -0.2) is 24.3 Å². The molecule has 0 saturated heterocycles. The first kappa shape index (κ1) is 15.7. The molecule has 0 aliphatic carbocycles. The molecule has 25 heavy (non-hydrogen) atoms.